The van der Waals surface area contributed by atoms with Crippen LogP contribution in [-0.4, -0.2) is 22.1 Å². The first-order valence-corrected chi connectivity index (χ1v) is 8.68. The normalized spacial score (nSPS) is 19.7. The van der Waals surface area contributed by atoms with Crippen molar-refractivity contribution in [3.63, 3.8) is 0 Å². The summed E-state index contributed by atoms with van der Waals surface area (Å²) < 4.78 is 5.43. The van der Waals surface area contributed by atoms with Gasteiger partial charge >= 0.3 is 5.97 Å². The van der Waals surface area contributed by atoms with Crippen molar-refractivity contribution >= 4 is 22.9 Å². The van der Waals surface area contributed by atoms with E-state index >= 15 is 0 Å². The smallest absolute Gasteiger partial charge is 0.338 e. The molecule has 2 heterocycles. The summed E-state index contributed by atoms with van der Waals surface area (Å²) in [5.41, 5.74) is 8.08. The number of esters is 1. The molecule has 0 fully saturated rings. The molecular weight excluding hydrogens is 336 g/mol. The molecule has 2 aliphatic rings. The van der Waals surface area contributed by atoms with Crippen LogP contribution in [0.2, 0.25) is 0 Å². The fourth-order valence-electron chi connectivity index (χ4n) is 2.83. The number of hydrogen-bond acceptors (Lipinski definition) is 7. The zero-order valence-electron chi connectivity index (χ0n) is 14.2. The highest BCUT2D eigenvalue weighted by atomic mass is 32.2. The Kier molecular flexibility index (Phi) is 4.55. The van der Waals surface area contributed by atoms with Crippen molar-refractivity contribution < 1.29 is 9.53 Å². The molecule has 0 aliphatic carbocycles. The Morgan fingerprint density at radius 3 is 2.68 bits per heavy atom. The molecule has 0 saturated carbocycles. The van der Waals surface area contributed by atoms with Gasteiger partial charge in [0.05, 0.1) is 23.4 Å². The molecule has 0 unspecified atom stereocenters. The number of amidine groups is 1. The Balaban J connectivity index is 2.16. The van der Waals surface area contributed by atoms with E-state index < -0.39 is 12.0 Å². The molecule has 6 nitrogen and oxygen atoms in total. The van der Waals surface area contributed by atoms with Crippen LogP contribution in [0.5, 0.6) is 0 Å². The van der Waals surface area contributed by atoms with Gasteiger partial charge in [-0.25, -0.2) is 9.79 Å². The van der Waals surface area contributed by atoms with Crippen molar-refractivity contribution in [3.8, 4) is 6.07 Å². The van der Waals surface area contributed by atoms with E-state index in [9.17, 15) is 10.1 Å². The highest BCUT2D eigenvalue weighted by Crippen LogP contribution is 2.45. The van der Waals surface area contributed by atoms with E-state index in [1.807, 2.05) is 30.3 Å². The maximum Gasteiger partial charge on any atom is 0.338 e. The van der Waals surface area contributed by atoms with E-state index in [0.29, 0.717) is 27.2 Å². The Hall–Kier alpha value is -2.72. The number of hydrogen-bond donors (Lipinski definition) is 1. The highest BCUT2D eigenvalue weighted by Gasteiger charge is 2.42. The molecule has 0 spiro atoms. The number of carbonyl (C=O) groups is 1. The van der Waals surface area contributed by atoms with Gasteiger partial charge in [-0.2, -0.15) is 5.26 Å². The number of fused-ring (bicyclic) bond motifs is 1. The molecule has 25 heavy (non-hydrogen) atoms. The molecule has 2 N–H and O–H groups in total. The van der Waals surface area contributed by atoms with Gasteiger partial charge in [-0.05, 0) is 38.1 Å². The average molecular weight is 354 g/mol. The van der Waals surface area contributed by atoms with E-state index in [-0.39, 0.29) is 6.10 Å². The molecule has 0 aromatic heterocycles. The number of nitrogens with zero attached hydrogens (tertiary/aromatic N) is 3. The van der Waals surface area contributed by atoms with E-state index in [1.54, 1.807) is 25.7 Å². The van der Waals surface area contributed by atoms with Crippen LogP contribution in [0, 0.1) is 11.3 Å². The third-order valence-electron chi connectivity index (χ3n) is 3.86. The molecule has 7 heteroatoms. The lowest BCUT2D eigenvalue weighted by Crippen LogP contribution is -2.39. The van der Waals surface area contributed by atoms with Crippen LogP contribution in [0.15, 0.2) is 57.3 Å². The Morgan fingerprint density at radius 1 is 1.40 bits per heavy atom. The average Bonchev–Trinajstić information content (AvgIpc) is 2.89. The summed E-state index contributed by atoms with van der Waals surface area (Å²) in [4.78, 5) is 19.4. The number of thioether (sulfide) groups is 1. The highest BCUT2D eigenvalue weighted by molar-refractivity contribution is 8.17. The third-order valence-corrected chi connectivity index (χ3v) is 4.83. The van der Waals surface area contributed by atoms with Crippen LogP contribution in [0.1, 0.15) is 32.4 Å². The molecule has 1 aromatic carbocycles. The van der Waals surface area contributed by atoms with Crippen LogP contribution in [-0.2, 0) is 9.53 Å². The number of benzene rings is 1. The van der Waals surface area contributed by atoms with Crippen molar-refractivity contribution in [3.05, 3.63) is 57.9 Å². The standard InChI is InChI=1S/C18H18N4O2S/c1-10(2)24-17(23)14-11(3)21-18-22(16(20)13(9-19)25-18)15(14)12-7-5-4-6-8-12/h4-8,10,15H,20H2,1-3H3/t15-/m0/s1. The van der Waals surface area contributed by atoms with Crippen LogP contribution in [0.4, 0.5) is 0 Å². The van der Waals surface area contributed by atoms with E-state index in [1.165, 1.54) is 11.8 Å². The maximum atomic E-state index is 12.7. The molecule has 0 radical (unpaired) electrons. The lowest BCUT2D eigenvalue weighted by Gasteiger charge is -2.35. The first-order valence-electron chi connectivity index (χ1n) is 7.86. The number of carbonyl (C=O) groups excluding carboxylic acids is 1. The van der Waals surface area contributed by atoms with Crippen molar-refractivity contribution in [2.75, 3.05) is 0 Å². The van der Waals surface area contributed by atoms with Crippen LogP contribution >= 0.6 is 11.8 Å². The van der Waals surface area contributed by atoms with Gasteiger partial charge in [0.1, 0.15) is 16.8 Å². The fraction of sp³-hybridized carbons (Fsp3) is 0.278. The van der Waals surface area contributed by atoms with Gasteiger partial charge in [-0.3, -0.25) is 4.90 Å². The second kappa shape index (κ2) is 6.65. The fourth-order valence-corrected chi connectivity index (χ4v) is 3.75. The number of rotatable bonds is 3. The summed E-state index contributed by atoms with van der Waals surface area (Å²) >= 11 is 1.22. The minimum atomic E-state index is -0.474. The largest absolute Gasteiger partial charge is 0.459 e. The van der Waals surface area contributed by atoms with Crippen LogP contribution in [0.25, 0.3) is 0 Å². The quantitative estimate of drug-likeness (QED) is 0.839. The lowest BCUT2D eigenvalue weighted by molar-refractivity contribution is -0.143. The number of nitrogens with two attached hydrogens (primary N) is 1. The SMILES string of the molecule is CC1=C(C(=O)OC(C)C)[C@H](c2ccccc2)N2C(=N1)SC(C#N)=C2N. The van der Waals surface area contributed by atoms with Gasteiger partial charge in [0.25, 0.3) is 0 Å². The third kappa shape index (κ3) is 3.01. The maximum absolute atomic E-state index is 12.7. The Bertz CT molecular complexity index is 850. The summed E-state index contributed by atoms with van der Waals surface area (Å²) in [6.45, 7) is 5.38. The van der Waals surface area contributed by atoms with Gasteiger partial charge in [-0.1, -0.05) is 30.3 Å². The Labute approximate surface area is 150 Å². The number of ether oxygens (including phenoxy) is 1. The van der Waals surface area contributed by atoms with Crippen molar-refractivity contribution in [2.24, 2.45) is 10.7 Å². The van der Waals surface area contributed by atoms with Crippen LogP contribution < -0.4 is 5.73 Å². The molecule has 1 aromatic rings. The summed E-state index contributed by atoms with van der Waals surface area (Å²) in [7, 11) is 0. The van der Waals surface area contributed by atoms with Gasteiger partial charge in [-0.15, -0.1) is 0 Å². The van der Waals surface area contributed by atoms with Gasteiger partial charge in [0.2, 0.25) is 0 Å². The summed E-state index contributed by atoms with van der Waals surface area (Å²) in [6.07, 6.45) is -0.245. The first kappa shape index (κ1) is 17.1. The van der Waals surface area contributed by atoms with Crippen molar-refractivity contribution in [2.45, 2.75) is 32.9 Å². The number of aliphatic imine (C=N–C) groups is 1. The zero-order valence-corrected chi connectivity index (χ0v) is 15.0. The minimum absolute atomic E-state index is 0.245. The predicted octanol–water partition coefficient (Wildman–Crippen LogP) is 3.02. The van der Waals surface area contributed by atoms with Crippen LogP contribution in [0.3, 0.4) is 0 Å². The zero-order chi connectivity index (χ0) is 18.1. The number of nitriles is 1. The molecule has 128 valence electrons. The second-order valence-electron chi connectivity index (χ2n) is 5.96. The monoisotopic (exact) mass is 354 g/mol. The van der Waals surface area contributed by atoms with E-state index in [0.717, 1.165) is 5.56 Å². The molecule has 0 saturated heterocycles. The molecule has 3 rings (SSSR count). The Morgan fingerprint density at radius 2 is 2.08 bits per heavy atom. The molecule has 1 atom stereocenters. The van der Waals surface area contributed by atoms with Crippen molar-refractivity contribution in [1.82, 2.24) is 4.90 Å². The lowest BCUT2D eigenvalue weighted by atomic mass is 9.94. The number of allylic oxidation sites excluding steroid dienone is 2. The second-order valence-corrected chi connectivity index (χ2v) is 6.94. The van der Waals surface area contributed by atoms with Crippen molar-refractivity contribution in [1.29, 1.82) is 5.26 Å². The summed E-state index contributed by atoms with van der Waals surface area (Å²) in [5, 5.41) is 9.90. The first-order chi connectivity index (χ1) is 11.9. The molecule has 0 amide bonds. The van der Waals surface area contributed by atoms with E-state index in [4.69, 9.17) is 10.5 Å². The topological polar surface area (TPSA) is 91.7 Å². The summed E-state index contributed by atoms with van der Waals surface area (Å²) in [5.74, 6) is -0.116. The minimum Gasteiger partial charge on any atom is -0.459 e. The van der Waals surface area contributed by atoms with Gasteiger partial charge in [0.15, 0.2) is 5.17 Å². The van der Waals surface area contributed by atoms with E-state index in [2.05, 4.69) is 11.1 Å². The molecule has 2 aliphatic heterocycles. The van der Waals surface area contributed by atoms with Gasteiger partial charge in [0, 0.05) is 0 Å². The molecule has 0 bridgehead atoms. The van der Waals surface area contributed by atoms with Gasteiger partial charge < -0.3 is 10.5 Å². The molecular formula is C18H18N4O2S. The predicted molar refractivity (Wildman–Crippen MR) is 96.8 cm³/mol. The summed E-state index contributed by atoms with van der Waals surface area (Å²) in [6, 6.07) is 11.2.